The predicted octanol–water partition coefficient (Wildman–Crippen LogP) is 5.46. The highest BCUT2D eigenvalue weighted by atomic mass is 35.5. The van der Waals surface area contributed by atoms with E-state index in [1.54, 1.807) is 12.1 Å². The van der Waals surface area contributed by atoms with Crippen LogP contribution in [0.25, 0.3) is 0 Å². The molecule has 6 heteroatoms. The number of amides is 2. The maximum Gasteiger partial charge on any atom is 0.319 e. The molecule has 1 heterocycles. The molecule has 0 aromatic heterocycles. The number of hydrogen-bond donors (Lipinski definition) is 2. The third-order valence-corrected chi connectivity index (χ3v) is 5.13. The zero-order valence-electron chi connectivity index (χ0n) is 15.9. The second-order valence-electron chi connectivity index (χ2n) is 7.13. The lowest BCUT2D eigenvalue weighted by Crippen LogP contribution is -2.28. The highest BCUT2D eigenvalue weighted by molar-refractivity contribution is 6.30. The first kappa shape index (κ1) is 20.2. The van der Waals surface area contributed by atoms with Gasteiger partial charge in [0.2, 0.25) is 0 Å². The van der Waals surface area contributed by atoms with Gasteiger partial charge in [0.1, 0.15) is 6.10 Å². The zero-order valence-corrected chi connectivity index (χ0v) is 16.7. The average molecular weight is 401 g/mol. The fourth-order valence-corrected chi connectivity index (χ4v) is 3.58. The van der Waals surface area contributed by atoms with Crippen molar-refractivity contribution in [2.45, 2.75) is 45.3 Å². The smallest absolute Gasteiger partial charge is 0.319 e. The molecule has 1 fully saturated rings. The number of benzene rings is 2. The normalized spacial score (nSPS) is 19.0. The molecule has 2 aromatic rings. The second-order valence-corrected chi connectivity index (χ2v) is 7.57. The van der Waals surface area contributed by atoms with E-state index < -0.39 is 0 Å². The topological polar surface area (TPSA) is 67.4 Å². The SMILES string of the molecule is CCCC1CC(=O)OC(c2ccc(NC(=O)NCc3ccc(Cl)cc3)cc2)C1. The van der Waals surface area contributed by atoms with Crippen molar-refractivity contribution in [3.63, 3.8) is 0 Å². The van der Waals surface area contributed by atoms with Gasteiger partial charge in [-0.05, 0) is 47.7 Å². The summed E-state index contributed by atoms with van der Waals surface area (Å²) in [7, 11) is 0. The van der Waals surface area contributed by atoms with Crippen molar-refractivity contribution in [1.29, 1.82) is 0 Å². The fraction of sp³-hybridized carbons (Fsp3) is 0.364. The number of ether oxygens (including phenoxy) is 1. The molecule has 28 heavy (non-hydrogen) atoms. The van der Waals surface area contributed by atoms with Gasteiger partial charge < -0.3 is 15.4 Å². The lowest BCUT2D eigenvalue weighted by atomic mass is 9.88. The highest BCUT2D eigenvalue weighted by Crippen LogP contribution is 2.34. The van der Waals surface area contributed by atoms with E-state index in [4.69, 9.17) is 16.3 Å². The molecule has 0 aliphatic carbocycles. The third-order valence-electron chi connectivity index (χ3n) is 4.88. The Morgan fingerprint density at radius 3 is 2.54 bits per heavy atom. The summed E-state index contributed by atoms with van der Waals surface area (Å²) in [6.45, 7) is 2.55. The van der Waals surface area contributed by atoms with E-state index in [1.165, 1.54) is 0 Å². The molecular formula is C22H25ClN2O3. The van der Waals surface area contributed by atoms with E-state index in [1.807, 2.05) is 36.4 Å². The van der Waals surface area contributed by atoms with Gasteiger partial charge in [0.05, 0.1) is 0 Å². The minimum absolute atomic E-state index is 0.126. The number of rotatable bonds is 6. The summed E-state index contributed by atoms with van der Waals surface area (Å²) in [5, 5.41) is 6.28. The summed E-state index contributed by atoms with van der Waals surface area (Å²) in [4.78, 5) is 23.9. The first-order valence-electron chi connectivity index (χ1n) is 9.62. The van der Waals surface area contributed by atoms with Gasteiger partial charge in [0.25, 0.3) is 0 Å². The van der Waals surface area contributed by atoms with Crippen molar-refractivity contribution in [2.24, 2.45) is 5.92 Å². The number of anilines is 1. The third kappa shape index (κ3) is 5.73. The van der Waals surface area contributed by atoms with Crippen molar-refractivity contribution in [3.8, 4) is 0 Å². The molecule has 2 N–H and O–H groups in total. The van der Waals surface area contributed by atoms with Crippen molar-refractivity contribution in [2.75, 3.05) is 5.32 Å². The number of carbonyl (C=O) groups excluding carboxylic acids is 2. The minimum atomic E-state index is -0.283. The summed E-state index contributed by atoms with van der Waals surface area (Å²) >= 11 is 5.85. The Morgan fingerprint density at radius 2 is 1.86 bits per heavy atom. The molecule has 2 amide bonds. The van der Waals surface area contributed by atoms with Gasteiger partial charge in [0.15, 0.2) is 0 Å². The Balaban J connectivity index is 1.52. The van der Waals surface area contributed by atoms with Gasteiger partial charge in [0, 0.05) is 23.7 Å². The van der Waals surface area contributed by atoms with Crippen LogP contribution in [0.5, 0.6) is 0 Å². The van der Waals surface area contributed by atoms with Crippen LogP contribution < -0.4 is 10.6 Å². The fourth-order valence-electron chi connectivity index (χ4n) is 3.45. The monoisotopic (exact) mass is 400 g/mol. The van der Waals surface area contributed by atoms with Crippen LogP contribution in [0.2, 0.25) is 5.02 Å². The molecule has 0 saturated carbocycles. The van der Waals surface area contributed by atoms with Crippen molar-refractivity contribution in [3.05, 3.63) is 64.7 Å². The van der Waals surface area contributed by atoms with Crippen LogP contribution in [0.15, 0.2) is 48.5 Å². The van der Waals surface area contributed by atoms with Crippen molar-refractivity contribution >= 4 is 29.3 Å². The van der Waals surface area contributed by atoms with Gasteiger partial charge in [-0.1, -0.05) is 55.6 Å². The molecule has 5 nitrogen and oxygen atoms in total. The average Bonchev–Trinajstić information content (AvgIpc) is 2.68. The summed E-state index contributed by atoms with van der Waals surface area (Å²) < 4.78 is 5.52. The molecule has 0 spiro atoms. The first-order valence-corrected chi connectivity index (χ1v) is 10.00. The van der Waals surface area contributed by atoms with E-state index >= 15 is 0 Å². The van der Waals surface area contributed by atoms with Crippen LogP contribution in [-0.4, -0.2) is 12.0 Å². The quantitative estimate of drug-likeness (QED) is 0.633. The lowest BCUT2D eigenvalue weighted by Gasteiger charge is -2.29. The van der Waals surface area contributed by atoms with E-state index in [0.29, 0.717) is 29.6 Å². The van der Waals surface area contributed by atoms with Crippen molar-refractivity contribution < 1.29 is 14.3 Å². The molecule has 1 aliphatic rings. The number of cyclic esters (lactones) is 1. The second kappa shape index (κ2) is 9.60. The van der Waals surface area contributed by atoms with Gasteiger partial charge in [-0.3, -0.25) is 4.79 Å². The van der Waals surface area contributed by atoms with Crippen molar-refractivity contribution in [1.82, 2.24) is 5.32 Å². The summed E-state index contributed by atoms with van der Waals surface area (Å²) in [6, 6.07) is 14.5. The lowest BCUT2D eigenvalue weighted by molar-refractivity contribution is -0.157. The molecule has 2 unspecified atom stereocenters. The number of hydrogen-bond acceptors (Lipinski definition) is 3. The van der Waals surface area contributed by atoms with E-state index in [2.05, 4.69) is 17.6 Å². The van der Waals surface area contributed by atoms with E-state index in [-0.39, 0.29) is 18.1 Å². The molecule has 1 saturated heterocycles. The molecule has 148 valence electrons. The molecule has 0 bridgehead atoms. The number of halogens is 1. The summed E-state index contributed by atoms with van der Waals surface area (Å²) in [5.74, 6) is 0.256. The number of nitrogens with one attached hydrogen (secondary N) is 2. The van der Waals surface area contributed by atoms with Crippen LogP contribution in [0.1, 0.15) is 49.8 Å². The van der Waals surface area contributed by atoms with Crippen LogP contribution in [0, 0.1) is 5.92 Å². The van der Waals surface area contributed by atoms with Gasteiger partial charge in [-0.2, -0.15) is 0 Å². The number of carbonyl (C=O) groups is 2. The predicted molar refractivity (Wildman–Crippen MR) is 110 cm³/mol. The Morgan fingerprint density at radius 1 is 1.14 bits per heavy atom. The van der Waals surface area contributed by atoms with E-state index in [9.17, 15) is 9.59 Å². The zero-order chi connectivity index (χ0) is 19.9. The molecule has 2 aromatic carbocycles. The van der Waals surface area contributed by atoms with E-state index in [0.717, 1.165) is 30.4 Å². The Labute approximate surface area is 170 Å². The van der Waals surface area contributed by atoms with Gasteiger partial charge >= 0.3 is 12.0 Å². The molecular weight excluding hydrogens is 376 g/mol. The van der Waals surface area contributed by atoms with Crippen LogP contribution in [0.3, 0.4) is 0 Å². The van der Waals surface area contributed by atoms with Crippen LogP contribution >= 0.6 is 11.6 Å². The van der Waals surface area contributed by atoms with Gasteiger partial charge in [-0.15, -0.1) is 0 Å². The van der Waals surface area contributed by atoms with Gasteiger partial charge in [-0.25, -0.2) is 4.79 Å². The first-order chi connectivity index (χ1) is 13.5. The summed E-state index contributed by atoms with van der Waals surface area (Å²) in [6.07, 6.45) is 3.27. The maximum atomic E-state index is 12.1. The standard InChI is InChI=1S/C22H25ClN2O3/c1-2-3-16-12-20(28-21(26)13-16)17-6-10-19(11-7-17)25-22(27)24-14-15-4-8-18(23)9-5-15/h4-11,16,20H,2-3,12-14H2,1H3,(H2,24,25,27). The Kier molecular flexibility index (Phi) is 6.93. The number of urea groups is 1. The number of esters is 1. The molecule has 1 aliphatic heterocycles. The largest absolute Gasteiger partial charge is 0.457 e. The highest BCUT2D eigenvalue weighted by Gasteiger charge is 2.29. The minimum Gasteiger partial charge on any atom is -0.457 e. The van der Waals surface area contributed by atoms with Crippen LogP contribution in [-0.2, 0) is 16.1 Å². The molecule has 3 rings (SSSR count). The summed E-state index contributed by atoms with van der Waals surface area (Å²) in [5.41, 5.74) is 2.61. The Hall–Kier alpha value is -2.53. The molecule has 2 atom stereocenters. The Bertz CT molecular complexity index is 806. The van der Waals surface area contributed by atoms with Crippen LogP contribution in [0.4, 0.5) is 10.5 Å². The molecule has 0 radical (unpaired) electrons. The maximum absolute atomic E-state index is 12.1.